The predicted octanol–water partition coefficient (Wildman–Crippen LogP) is 2.83. The van der Waals surface area contributed by atoms with Crippen molar-refractivity contribution in [2.75, 3.05) is 5.32 Å². The lowest BCUT2D eigenvalue weighted by Crippen LogP contribution is -2.27. The first-order valence-corrected chi connectivity index (χ1v) is 6.78. The predicted molar refractivity (Wildman–Crippen MR) is 82.5 cm³/mol. The molecule has 1 aromatic heterocycles. The van der Waals surface area contributed by atoms with Crippen LogP contribution in [-0.4, -0.2) is 38.1 Å². The molecule has 2 aromatic rings. The Labute approximate surface area is 132 Å². The number of nitrogens with one attached hydrogen (secondary N) is 2. The summed E-state index contributed by atoms with van der Waals surface area (Å²) in [5, 5.41) is 27.6. The zero-order valence-corrected chi connectivity index (χ0v) is 12.9. The molecule has 2 rings (SSSR count). The minimum absolute atomic E-state index is 0.0881. The molecule has 0 fully saturated rings. The second kappa shape index (κ2) is 5.99. The monoisotopic (exact) mass is 319 g/mol. The van der Waals surface area contributed by atoms with Crippen molar-refractivity contribution in [3.63, 3.8) is 0 Å². The molecule has 1 aromatic carbocycles. The molecule has 0 saturated heterocycles. The summed E-state index contributed by atoms with van der Waals surface area (Å²) in [6.45, 7) is 5.14. The Morgan fingerprint density at radius 3 is 2.57 bits per heavy atom. The number of phenolic OH excluding ortho intramolecular Hbond substituents is 1. The minimum atomic E-state index is -1.16. The number of ether oxygens (including phenoxy) is 1. The SMILES string of the molecule is CC(C)(C)OC(=O)Nc1c(O)cccc1-c1cc(C(=O)O)[nH]n1. The largest absolute Gasteiger partial charge is 0.506 e. The molecule has 0 radical (unpaired) electrons. The molecule has 1 amide bonds. The van der Waals surface area contributed by atoms with E-state index in [0.717, 1.165) is 0 Å². The zero-order valence-electron chi connectivity index (χ0n) is 12.9. The van der Waals surface area contributed by atoms with E-state index < -0.39 is 17.7 Å². The molecule has 0 bridgehead atoms. The number of carbonyl (C=O) groups excluding carboxylic acids is 1. The van der Waals surface area contributed by atoms with Gasteiger partial charge in [-0.15, -0.1) is 0 Å². The third kappa shape index (κ3) is 4.00. The Kier molecular flexibility index (Phi) is 4.26. The molecular weight excluding hydrogens is 302 g/mol. The highest BCUT2D eigenvalue weighted by molar-refractivity contribution is 5.95. The Bertz CT molecular complexity index is 746. The van der Waals surface area contributed by atoms with Gasteiger partial charge in [-0.25, -0.2) is 9.59 Å². The number of carboxylic acid groups (broad SMARTS) is 1. The molecule has 8 heteroatoms. The van der Waals surface area contributed by atoms with Crippen molar-refractivity contribution in [2.24, 2.45) is 0 Å². The molecule has 0 aliphatic rings. The van der Waals surface area contributed by atoms with Gasteiger partial charge in [0.15, 0.2) is 0 Å². The number of benzene rings is 1. The summed E-state index contributed by atoms with van der Waals surface area (Å²) in [5.74, 6) is -1.35. The maximum atomic E-state index is 11.9. The maximum Gasteiger partial charge on any atom is 0.412 e. The highest BCUT2D eigenvalue weighted by atomic mass is 16.6. The van der Waals surface area contributed by atoms with Gasteiger partial charge in [-0.1, -0.05) is 12.1 Å². The van der Waals surface area contributed by atoms with Crippen LogP contribution >= 0.6 is 0 Å². The summed E-state index contributed by atoms with van der Waals surface area (Å²) >= 11 is 0. The number of hydrogen-bond acceptors (Lipinski definition) is 5. The van der Waals surface area contributed by atoms with E-state index in [0.29, 0.717) is 5.56 Å². The van der Waals surface area contributed by atoms with Gasteiger partial charge in [0.25, 0.3) is 0 Å². The number of aromatic carboxylic acids is 1. The second-order valence-electron chi connectivity index (χ2n) is 5.80. The summed E-state index contributed by atoms with van der Waals surface area (Å²) in [4.78, 5) is 22.8. The molecule has 0 saturated carbocycles. The van der Waals surface area contributed by atoms with Crippen molar-refractivity contribution in [1.82, 2.24) is 10.2 Å². The van der Waals surface area contributed by atoms with Crippen LogP contribution in [0.25, 0.3) is 11.3 Å². The number of rotatable bonds is 3. The molecule has 0 spiro atoms. The van der Waals surface area contributed by atoms with Crippen LogP contribution in [0.3, 0.4) is 0 Å². The van der Waals surface area contributed by atoms with Crippen LogP contribution in [0.2, 0.25) is 0 Å². The van der Waals surface area contributed by atoms with Crippen LogP contribution in [-0.2, 0) is 4.74 Å². The van der Waals surface area contributed by atoms with E-state index in [4.69, 9.17) is 9.84 Å². The van der Waals surface area contributed by atoms with Gasteiger partial charge in [-0.2, -0.15) is 5.10 Å². The Morgan fingerprint density at radius 2 is 2.00 bits per heavy atom. The van der Waals surface area contributed by atoms with E-state index in [9.17, 15) is 14.7 Å². The van der Waals surface area contributed by atoms with Crippen molar-refractivity contribution in [3.05, 3.63) is 30.0 Å². The number of aromatic hydroxyl groups is 1. The van der Waals surface area contributed by atoms with E-state index in [1.807, 2.05) is 0 Å². The van der Waals surface area contributed by atoms with Gasteiger partial charge in [0.05, 0.1) is 11.4 Å². The standard InChI is InChI=1S/C15H17N3O5/c1-15(2,3)23-14(22)16-12-8(5-4-6-11(12)19)9-7-10(13(20)21)18-17-9/h4-7,19H,1-3H3,(H,16,22)(H,17,18)(H,20,21). The summed E-state index contributed by atoms with van der Waals surface area (Å²) in [6.07, 6.45) is -0.741. The maximum absolute atomic E-state index is 11.9. The number of carboxylic acids is 1. The lowest BCUT2D eigenvalue weighted by molar-refractivity contribution is 0.0633. The molecule has 122 valence electrons. The van der Waals surface area contributed by atoms with Gasteiger partial charge < -0.3 is 14.9 Å². The van der Waals surface area contributed by atoms with E-state index in [-0.39, 0.29) is 22.8 Å². The number of phenols is 1. The summed E-state index contributed by atoms with van der Waals surface area (Å²) in [5.41, 5.74) is -0.0852. The Morgan fingerprint density at radius 1 is 1.30 bits per heavy atom. The van der Waals surface area contributed by atoms with Gasteiger partial charge >= 0.3 is 12.1 Å². The van der Waals surface area contributed by atoms with Gasteiger partial charge in [0, 0.05) is 5.56 Å². The van der Waals surface area contributed by atoms with Crippen molar-refractivity contribution in [3.8, 4) is 17.0 Å². The van der Waals surface area contributed by atoms with E-state index in [1.165, 1.54) is 12.1 Å². The number of amides is 1. The Hall–Kier alpha value is -3.03. The summed E-state index contributed by atoms with van der Waals surface area (Å²) in [7, 11) is 0. The van der Waals surface area contributed by atoms with Gasteiger partial charge in [-0.3, -0.25) is 10.4 Å². The first kappa shape index (κ1) is 16.3. The number of hydrogen-bond donors (Lipinski definition) is 4. The second-order valence-corrected chi connectivity index (χ2v) is 5.80. The summed E-state index contributed by atoms with van der Waals surface area (Å²) in [6, 6.07) is 5.84. The minimum Gasteiger partial charge on any atom is -0.506 e. The van der Waals surface area contributed by atoms with Gasteiger partial charge in [0.2, 0.25) is 0 Å². The summed E-state index contributed by atoms with van der Waals surface area (Å²) < 4.78 is 5.15. The van der Waals surface area contributed by atoms with Crippen molar-refractivity contribution >= 4 is 17.7 Å². The molecule has 4 N–H and O–H groups in total. The average Bonchev–Trinajstić information content (AvgIpc) is 2.88. The van der Waals surface area contributed by atoms with E-state index in [2.05, 4.69) is 15.5 Å². The topological polar surface area (TPSA) is 125 Å². The fraction of sp³-hybridized carbons (Fsp3) is 0.267. The molecule has 23 heavy (non-hydrogen) atoms. The Balaban J connectivity index is 2.36. The molecule has 0 aliphatic heterocycles. The molecule has 1 heterocycles. The molecular formula is C15H17N3O5. The molecule has 0 unspecified atom stereocenters. The number of nitrogens with zero attached hydrogens (tertiary/aromatic N) is 1. The number of H-pyrrole nitrogens is 1. The van der Waals surface area contributed by atoms with Crippen LogP contribution in [0.5, 0.6) is 5.75 Å². The van der Waals surface area contributed by atoms with Crippen LogP contribution in [0.4, 0.5) is 10.5 Å². The lowest BCUT2D eigenvalue weighted by atomic mass is 10.1. The van der Waals surface area contributed by atoms with Crippen LogP contribution in [0.15, 0.2) is 24.3 Å². The zero-order chi connectivity index (χ0) is 17.2. The van der Waals surface area contributed by atoms with Crippen molar-refractivity contribution < 1.29 is 24.5 Å². The molecule has 0 atom stereocenters. The normalized spacial score (nSPS) is 11.1. The van der Waals surface area contributed by atoms with Gasteiger partial charge in [-0.05, 0) is 32.9 Å². The number of aromatic nitrogens is 2. The first-order valence-electron chi connectivity index (χ1n) is 6.78. The molecule has 0 aliphatic carbocycles. The number of anilines is 1. The fourth-order valence-electron chi connectivity index (χ4n) is 1.86. The van der Waals surface area contributed by atoms with Crippen LogP contribution < -0.4 is 5.32 Å². The lowest BCUT2D eigenvalue weighted by Gasteiger charge is -2.20. The third-order valence-electron chi connectivity index (χ3n) is 2.75. The highest BCUT2D eigenvalue weighted by Crippen LogP contribution is 2.34. The number of carbonyl (C=O) groups is 2. The first-order chi connectivity index (χ1) is 10.7. The van der Waals surface area contributed by atoms with Crippen LogP contribution in [0.1, 0.15) is 31.3 Å². The van der Waals surface area contributed by atoms with Crippen molar-refractivity contribution in [1.29, 1.82) is 0 Å². The van der Waals surface area contributed by atoms with Crippen molar-refractivity contribution in [2.45, 2.75) is 26.4 Å². The average molecular weight is 319 g/mol. The molecule has 8 nitrogen and oxygen atoms in total. The third-order valence-corrected chi connectivity index (χ3v) is 2.75. The number of para-hydroxylation sites is 1. The van der Waals surface area contributed by atoms with E-state index in [1.54, 1.807) is 32.9 Å². The van der Waals surface area contributed by atoms with E-state index >= 15 is 0 Å². The van der Waals surface area contributed by atoms with Crippen LogP contribution in [0, 0.1) is 0 Å². The highest BCUT2D eigenvalue weighted by Gasteiger charge is 2.20. The quantitative estimate of drug-likeness (QED) is 0.645. The number of aromatic amines is 1. The smallest absolute Gasteiger partial charge is 0.412 e. The fourth-order valence-corrected chi connectivity index (χ4v) is 1.86. The van der Waals surface area contributed by atoms with Gasteiger partial charge in [0.1, 0.15) is 17.0 Å².